The van der Waals surface area contributed by atoms with Crippen LogP contribution < -0.4 is 10.6 Å². The quantitative estimate of drug-likeness (QED) is 0.881. The van der Waals surface area contributed by atoms with Gasteiger partial charge < -0.3 is 15.4 Å². The van der Waals surface area contributed by atoms with Gasteiger partial charge in [-0.25, -0.2) is 9.97 Å². The Morgan fingerprint density at radius 2 is 2.08 bits per heavy atom. The van der Waals surface area contributed by atoms with Crippen LogP contribution in [0.1, 0.15) is 12.8 Å². The lowest BCUT2D eigenvalue weighted by Gasteiger charge is -2.36. The van der Waals surface area contributed by atoms with Gasteiger partial charge >= 0.3 is 0 Å². The molecule has 0 bridgehead atoms. The molecule has 25 heavy (non-hydrogen) atoms. The summed E-state index contributed by atoms with van der Waals surface area (Å²) in [4.78, 5) is 21.0. The van der Waals surface area contributed by atoms with E-state index in [9.17, 15) is 4.79 Å². The molecule has 0 radical (unpaired) electrons. The third-order valence-corrected chi connectivity index (χ3v) is 5.29. The number of nitrogens with one attached hydrogen (secondary N) is 2. The number of anilines is 1. The van der Waals surface area contributed by atoms with E-state index in [1.54, 1.807) is 0 Å². The average molecular weight is 359 g/mol. The molecule has 0 saturated carbocycles. The number of carbonyl (C=O) groups is 1. The van der Waals surface area contributed by atoms with Gasteiger partial charge in [0.1, 0.15) is 18.2 Å². The monoisotopic (exact) mass is 358 g/mol. The van der Waals surface area contributed by atoms with Crippen molar-refractivity contribution < 1.29 is 9.53 Å². The first-order valence-electron chi connectivity index (χ1n) is 8.36. The second-order valence-corrected chi connectivity index (χ2v) is 7.01. The molecule has 6 nitrogen and oxygen atoms in total. The van der Waals surface area contributed by atoms with Gasteiger partial charge in [-0.05, 0) is 25.0 Å². The molecule has 1 aromatic carbocycles. The Hall–Kier alpha value is -2.18. The molecule has 1 amide bonds. The summed E-state index contributed by atoms with van der Waals surface area (Å²) in [5, 5.41) is 6.97. The first-order chi connectivity index (χ1) is 12.2. The highest BCUT2D eigenvalue weighted by molar-refractivity contribution is 6.30. The summed E-state index contributed by atoms with van der Waals surface area (Å²) in [5.74, 6) is 0.655. The number of hydrogen-bond donors (Lipinski definition) is 2. The Labute approximate surface area is 151 Å². The molecular formula is C18H19ClN4O2. The lowest BCUT2D eigenvalue weighted by molar-refractivity contribution is -0.121. The summed E-state index contributed by atoms with van der Waals surface area (Å²) in [7, 11) is 0. The number of rotatable bonds is 3. The van der Waals surface area contributed by atoms with Crippen LogP contribution in [-0.2, 0) is 9.53 Å². The number of ether oxygens (including phenoxy) is 1. The minimum atomic E-state index is -0.307. The number of carbonyl (C=O) groups excluding carboxylic acids is 1. The molecule has 2 fully saturated rings. The molecule has 0 aliphatic carbocycles. The fourth-order valence-electron chi connectivity index (χ4n) is 3.60. The van der Waals surface area contributed by atoms with Crippen molar-refractivity contribution in [2.45, 2.75) is 18.9 Å². The van der Waals surface area contributed by atoms with Crippen LogP contribution >= 0.6 is 11.6 Å². The predicted octanol–water partition coefficient (Wildman–Crippen LogP) is 2.50. The van der Waals surface area contributed by atoms with E-state index in [2.05, 4.69) is 20.6 Å². The summed E-state index contributed by atoms with van der Waals surface area (Å²) < 4.78 is 5.47. The molecule has 2 aliphatic rings. The van der Waals surface area contributed by atoms with E-state index in [1.165, 1.54) is 6.33 Å². The van der Waals surface area contributed by atoms with Crippen LogP contribution in [0.25, 0.3) is 11.3 Å². The third-order valence-electron chi connectivity index (χ3n) is 5.06. The van der Waals surface area contributed by atoms with Gasteiger partial charge in [0.2, 0.25) is 5.91 Å². The molecule has 7 heteroatoms. The van der Waals surface area contributed by atoms with Crippen LogP contribution in [0.2, 0.25) is 5.02 Å². The van der Waals surface area contributed by atoms with Gasteiger partial charge in [0.05, 0.1) is 5.69 Å². The van der Waals surface area contributed by atoms with Crippen molar-refractivity contribution >= 4 is 23.3 Å². The lowest BCUT2D eigenvalue weighted by atomic mass is 9.76. The van der Waals surface area contributed by atoms with Gasteiger partial charge in [0.15, 0.2) is 0 Å². The lowest BCUT2D eigenvalue weighted by Crippen LogP contribution is -2.45. The molecule has 2 aliphatic heterocycles. The molecule has 2 aromatic rings. The zero-order valence-corrected chi connectivity index (χ0v) is 14.4. The zero-order valence-electron chi connectivity index (χ0n) is 13.7. The Morgan fingerprint density at radius 3 is 2.88 bits per heavy atom. The highest BCUT2D eigenvalue weighted by Crippen LogP contribution is 2.38. The van der Waals surface area contributed by atoms with Gasteiger partial charge in [0, 0.05) is 41.8 Å². The average Bonchev–Trinajstić information content (AvgIpc) is 2.92. The highest BCUT2D eigenvalue weighted by Gasteiger charge is 2.49. The molecule has 3 heterocycles. The SMILES string of the molecule is O=C1NCC2(CCOCC2)C1Nc1cc(-c2cccc(Cl)c2)ncn1. The summed E-state index contributed by atoms with van der Waals surface area (Å²) in [6.45, 7) is 2.05. The smallest absolute Gasteiger partial charge is 0.243 e. The van der Waals surface area contributed by atoms with Crippen LogP contribution in [0.15, 0.2) is 36.7 Å². The van der Waals surface area contributed by atoms with Crippen LogP contribution in [0, 0.1) is 5.41 Å². The van der Waals surface area contributed by atoms with E-state index in [4.69, 9.17) is 16.3 Å². The van der Waals surface area contributed by atoms with Crippen molar-refractivity contribution in [3.63, 3.8) is 0 Å². The molecule has 2 saturated heterocycles. The van der Waals surface area contributed by atoms with Crippen molar-refractivity contribution in [1.82, 2.24) is 15.3 Å². The van der Waals surface area contributed by atoms with E-state index in [1.807, 2.05) is 30.3 Å². The molecule has 130 valence electrons. The van der Waals surface area contributed by atoms with E-state index in [-0.39, 0.29) is 17.4 Å². The maximum Gasteiger partial charge on any atom is 0.243 e. The van der Waals surface area contributed by atoms with Crippen molar-refractivity contribution in [2.24, 2.45) is 5.41 Å². The zero-order chi connectivity index (χ0) is 17.3. The summed E-state index contributed by atoms with van der Waals surface area (Å²) >= 11 is 6.06. The van der Waals surface area contributed by atoms with E-state index >= 15 is 0 Å². The number of nitrogens with zero attached hydrogens (tertiary/aromatic N) is 2. The van der Waals surface area contributed by atoms with Gasteiger partial charge in [-0.15, -0.1) is 0 Å². The fraction of sp³-hybridized carbons (Fsp3) is 0.389. The summed E-state index contributed by atoms with van der Waals surface area (Å²) in [5.41, 5.74) is 1.56. The van der Waals surface area contributed by atoms with Gasteiger partial charge in [0.25, 0.3) is 0 Å². The molecule has 4 rings (SSSR count). The normalized spacial score (nSPS) is 22.0. The molecule has 1 unspecified atom stereocenters. The predicted molar refractivity (Wildman–Crippen MR) is 95.4 cm³/mol. The molecule has 2 N–H and O–H groups in total. The molecule has 1 aromatic heterocycles. The second-order valence-electron chi connectivity index (χ2n) is 6.57. The second kappa shape index (κ2) is 6.61. The minimum Gasteiger partial charge on any atom is -0.381 e. The Balaban J connectivity index is 1.60. The highest BCUT2D eigenvalue weighted by atomic mass is 35.5. The molecule has 1 spiro atoms. The van der Waals surface area contributed by atoms with Gasteiger partial charge in [-0.3, -0.25) is 4.79 Å². The first-order valence-corrected chi connectivity index (χ1v) is 8.74. The molecule has 1 atom stereocenters. The maximum absolute atomic E-state index is 12.4. The van der Waals surface area contributed by atoms with Crippen molar-refractivity contribution in [2.75, 3.05) is 25.1 Å². The largest absolute Gasteiger partial charge is 0.381 e. The third kappa shape index (κ3) is 3.19. The van der Waals surface area contributed by atoms with E-state index in [0.717, 1.165) is 24.1 Å². The first kappa shape index (κ1) is 16.3. The van der Waals surface area contributed by atoms with E-state index < -0.39 is 0 Å². The van der Waals surface area contributed by atoms with Gasteiger partial charge in [-0.2, -0.15) is 0 Å². The van der Waals surface area contributed by atoms with Crippen molar-refractivity contribution in [3.05, 3.63) is 41.7 Å². The van der Waals surface area contributed by atoms with Gasteiger partial charge in [-0.1, -0.05) is 23.7 Å². The fourth-order valence-corrected chi connectivity index (χ4v) is 3.79. The van der Waals surface area contributed by atoms with Crippen LogP contribution in [-0.4, -0.2) is 41.7 Å². The molecular weight excluding hydrogens is 340 g/mol. The topological polar surface area (TPSA) is 76.1 Å². The summed E-state index contributed by atoms with van der Waals surface area (Å²) in [6, 6.07) is 9.05. The van der Waals surface area contributed by atoms with Crippen LogP contribution in [0.5, 0.6) is 0 Å². The minimum absolute atomic E-state index is 0.0183. The number of halogens is 1. The number of aromatic nitrogens is 2. The Kier molecular flexibility index (Phi) is 4.31. The van der Waals surface area contributed by atoms with Crippen LogP contribution in [0.4, 0.5) is 5.82 Å². The standard InChI is InChI=1S/C18H19ClN4O2/c19-13-3-1-2-12(8-13)14-9-15(22-11-21-14)23-16-17(24)20-10-18(16)4-6-25-7-5-18/h1-3,8-9,11,16H,4-7,10H2,(H,20,24)(H,21,22,23). The van der Waals surface area contributed by atoms with Crippen molar-refractivity contribution in [1.29, 1.82) is 0 Å². The Bertz CT molecular complexity index is 792. The van der Waals surface area contributed by atoms with Crippen molar-refractivity contribution in [3.8, 4) is 11.3 Å². The Morgan fingerprint density at radius 1 is 1.24 bits per heavy atom. The number of amides is 1. The van der Waals surface area contributed by atoms with E-state index in [0.29, 0.717) is 30.6 Å². The number of hydrogen-bond acceptors (Lipinski definition) is 5. The number of benzene rings is 1. The summed E-state index contributed by atoms with van der Waals surface area (Å²) in [6.07, 6.45) is 3.22. The maximum atomic E-state index is 12.4. The van der Waals surface area contributed by atoms with Crippen LogP contribution in [0.3, 0.4) is 0 Å².